The minimum Gasteiger partial charge on any atom is -0.414 e. The van der Waals surface area contributed by atoms with Crippen LogP contribution in [-0.2, 0) is 23.1 Å². The summed E-state index contributed by atoms with van der Waals surface area (Å²) in [6, 6.07) is 0. The van der Waals surface area contributed by atoms with Crippen molar-refractivity contribution in [1.82, 2.24) is 0 Å². The summed E-state index contributed by atoms with van der Waals surface area (Å²) in [7, 11) is -3.78. The highest BCUT2D eigenvalue weighted by atomic mass is 28.4. The first-order chi connectivity index (χ1) is 18.0. The van der Waals surface area contributed by atoms with Gasteiger partial charge in [0.05, 0.1) is 24.4 Å². The van der Waals surface area contributed by atoms with Crippen LogP contribution in [0.2, 0.25) is 36.3 Å². The summed E-state index contributed by atoms with van der Waals surface area (Å²) < 4.78 is 26.7. The fourth-order valence-electron chi connectivity index (χ4n) is 5.38. The fraction of sp³-hybridized carbons (Fsp3) is 0.969. The Balaban J connectivity index is 2.08. The Bertz CT molecular complexity index is 727. The van der Waals surface area contributed by atoms with Gasteiger partial charge in [-0.05, 0) is 87.6 Å². The van der Waals surface area contributed by atoms with Crippen LogP contribution >= 0.6 is 0 Å². The Labute approximate surface area is 244 Å². The minimum atomic E-state index is -1.96. The maximum absolute atomic E-state index is 11.2. The van der Waals surface area contributed by atoms with E-state index in [-0.39, 0.29) is 40.6 Å². The molecule has 6 atom stereocenters. The Morgan fingerprint density at radius 1 is 0.744 bits per heavy atom. The molecule has 0 N–H and O–H groups in total. The number of unbranched alkanes of at least 4 members (excludes halogenated alkanes) is 3. The molecule has 0 aliphatic carbocycles. The Morgan fingerprint density at radius 2 is 1.31 bits per heavy atom. The zero-order valence-corrected chi connectivity index (χ0v) is 29.6. The lowest BCUT2D eigenvalue weighted by atomic mass is 10.00. The van der Waals surface area contributed by atoms with E-state index >= 15 is 0 Å². The van der Waals surface area contributed by atoms with Gasteiger partial charge in [0.15, 0.2) is 16.6 Å². The third-order valence-electron chi connectivity index (χ3n) is 10.1. The molecule has 0 bridgehead atoms. The van der Waals surface area contributed by atoms with Crippen LogP contribution in [0.15, 0.2) is 0 Å². The fourth-order valence-corrected chi connectivity index (χ4v) is 8.18. The van der Waals surface area contributed by atoms with Gasteiger partial charge in [0, 0.05) is 6.10 Å². The van der Waals surface area contributed by atoms with Gasteiger partial charge in [0.25, 0.3) is 0 Å². The molecule has 2 saturated heterocycles. The number of rotatable bonds is 16. The summed E-state index contributed by atoms with van der Waals surface area (Å²) in [4.78, 5) is 11.2. The first-order valence-electron chi connectivity index (χ1n) is 16.1. The molecule has 0 aromatic carbocycles. The minimum absolute atomic E-state index is 0.0456. The monoisotopic (exact) mass is 584 g/mol. The predicted octanol–water partition coefficient (Wildman–Crippen LogP) is 9.20. The van der Waals surface area contributed by atoms with Gasteiger partial charge in [-0.3, -0.25) is 0 Å². The van der Waals surface area contributed by atoms with Crippen LogP contribution in [0.1, 0.15) is 126 Å². The third kappa shape index (κ3) is 10.6. The molecule has 2 aliphatic rings. The summed E-state index contributed by atoms with van der Waals surface area (Å²) in [5.41, 5.74) is 0. The van der Waals surface area contributed by atoms with Gasteiger partial charge in [-0.25, -0.2) is 0 Å². The van der Waals surface area contributed by atoms with E-state index in [2.05, 4.69) is 74.7 Å². The van der Waals surface area contributed by atoms with E-state index in [4.69, 9.17) is 18.3 Å². The Kier molecular flexibility index (Phi) is 13.4. The highest BCUT2D eigenvalue weighted by Crippen LogP contribution is 2.41. The average molecular weight is 585 g/mol. The molecule has 39 heavy (non-hydrogen) atoms. The molecular weight excluding hydrogens is 521 g/mol. The molecule has 0 aromatic rings. The quantitative estimate of drug-likeness (QED) is 0.103. The van der Waals surface area contributed by atoms with Crippen LogP contribution in [0.25, 0.3) is 0 Å². The molecule has 0 spiro atoms. The number of carbonyl (C=O) groups is 1. The van der Waals surface area contributed by atoms with Crippen molar-refractivity contribution in [2.75, 3.05) is 0 Å². The zero-order valence-electron chi connectivity index (χ0n) is 27.6. The SMILES string of the molecule is CCCCCC[C@@H](CCC[C@@H](O[Si](C)(C)C(C)(C)C)[C@H]1CC[C@H]([C@H]2CC[C@H](C=O)O2)O1)O[Si](C)(C)C(C)(C)C. The molecule has 0 aromatic heterocycles. The van der Waals surface area contributed by atoms with E-state index in [0.717, 1.165) is 51.2 Å². The summed E-state index contributed by atoms with van der Waals surface area (Å²) in [6.07, 6.45) is 14.6. The van der Waals surface area contributed by atoms with Crippen LogP contribution in [0, 0.1) is 0 Å². The van der Waals surface area contributed by atoms with Crippen molar-refractivity contribution in [1.29, 1.82) is 0 Å². The lowest BCUT2D eigenvalue weighted by Crippen LogP contribution is -2.47. The third-order valence-corrected chi connectivity index (χ3v) is 19.1. The largest absolute Gasteiger partial charge is 0.414 e. The molecule has 2 rings (SSSR count). The van der Waals surface area contributed by atoms with Crippen molar-refractivity contribution in [2.24, 2.45) is 0 Å². The molecule has 2 fully saturated rings. The number of carbonyl (C=O) groups excluding carboxylic acids is 1. The lowest BCUT2D eigenvalue weighted by Gasteiger charge is -2.41. The maximum Gasteiger partial charge on any atom is 0.192 e. The number of hydrogen-bond donors (Lipinski definition) is 0. The lowest BCUT2D eigenvalue weighted by molar-refractivity contribution is -0.123. The van der Waals surface area contributed by atoms with E-state index in [1.807, 2.05) is 0 Å². The van der Waals surface area contributed by atoms with E-state index in [9.17, 15) is 4.79 Å². The standard InChI is InChI=1S/C32H64O5Si2/c1-12-13-14-15-17-25(36-38(8,9)31(2,3)4)18-16-19-30(37-39(10,11)32(5,6)7)29-23-22-28(35-29)27-21-20-26(24-33)34-27/h24-30H,12-23H2,1-11H3/t25-,26+,27+,28+,29+,30+/m0/s1. The second-order valence-corrected chi connectivity index (χ2v) is 24.9. The highest BCUT2D eigenvalue weighted by Gasteiger charge is 2.45. The van der Waals surface area contributed by atoms with Crippen LogP contribution < -0.4 is 0 Å². The summed E-state index contributed by atoms with van der Waals surface area (Å²) >= 11 is 0. The van der Waals surface area contributed by atoms with Gasteiger partial charge in [-0.2, -0.15) is 0 Å². The summed E-state index contributed by atoms with van der Waals surface area (Å²) in [5.74, 6) is 0. The van der Waals surface area contributed by atoms with Crippen molar-refractivity contribution in [3.63, 3.8) is 0 Å². The normalized spacial score (nSPS) is 26.6. The van der Waals surface area contributed by atoms with Crippen LogP contribution in [0.4, 0.5) is 0 Å². The van der Waals surface area contributed by atoms with Gasteiger partial charge < -0.3 is 23.1 Å². The van der Waals surface area contributed by atoms with Gasteiger partial charge in [0.2, 0.25) is 0 Å². The maximum atomic E-state index is 11.2. The van der Waals surface area contributed by atoms with E-state index in [1.165, 1.54) is 32.1 Å². The van der Waals surface area contributed by atoms with Crippen molar-refractivity contribution in [2.45, 2.75) is 198 Å². The predicted molar refractivity (Wildman–Crippen MR) is 169 cm³/mol. The van der Waals surface area contributed by atoms with E-state index < -0.39 is 16.6 Å². The number of hydrogen-bond acceptors (Lipinski definition) is 5. The highest BCUT2D eigenvalue weighted by molar-refractivity contribution is 6.74. The van der Waals surface area contributed by atoms with Crippen LogP contribution in [-0.4, -0.2) is 59.5 Å². The van der Waals surface area contributed by atoms with Gasteiger partial charge in [0.1, 0.15) is 12.4 Å². The van der Waals surface area contributed by atoms with Gasteiger partial charge >= 0.3 is 0 Å². The Hall–Kier alpha value is -0.0562. The van der Waals surface area contributed by atoms with Crippen LogP contribution in [0.5, 0.6) is 0 Å². The van der Waals surface area contributed by atoms with Crippen molar-refractivity contribution in [3.8, 4) is 0 Å². The first-order valence-corrected chi connectivity index (χ1v) is 21.9. The van der Waals surface area contributed by atoms with Gasteiger partial charge in [-0.1, -0.05) is 74.1 Å². The van der Waals surface area contributed by atoms with Crippen LogP contribution in [0.3, 0.4) is 0 Å². The second kappa shape index (κ2) is 14.9. The molecule has 0 unspecified atom stereocenters. The molecule has 5 nitrogen and oxygen atoms in total. The molecule has 0 amide bonds. The van der Waals surface area contributed by atoms with Crippen molar-refractivity contribution in [3.05, 3.63) is 0 Å². The molecule has 2 heterocycles. The molecule has 0 saturated carbocycles. The van der Waals surface area contributed by atoms with Crippen molar-refractivity contribution < 1.29 is 23.1 Å². The molecule has 0 radical (unpaired) electrons. The second-order valence-electron chi connectivity index (χ2n) is 15.4. The average Bonchev–Trinajstić information content (AvgIpc) is 3.49. The summed E-state index contributed by atoms with van der Waals surface area (Å²) in [6.45, 7) is 25.8. The topological polar surface area (TPSA) is 54.0 Å². The molecule has 2 aliphatic heterocycles. The molecule has 7 heteroatoms. The number of ether oxygens (including phenoxy) is 2. The number of aldehydes is 1. The first kappa shape index (κ1) is 35.1. The van der Waals surface area contributed by atoms with E-state index in [0.29, 0.717) is 6.10 Å². The van der Waals surface area contributed by atoms with E-state index in [1.54, 1.807) is 0 Å². The zero-order chi connectivity index (χ0) is 29.5. The van der Waals surface area contributed by atoms with Gasteiger partial charge in [-0.15, -0.1) is 0 Å². The summed E-state index contributed by atoms with van der Waals surface area (Å²) in [5, 5.41) is 0.378. The smallest absolute Gasteiger partial charge is 0.192 e. The molecule has 230 valence electrons. The Morgan fingerprint density at radius 3 is 1.87 bits per heavy atom. The van der Waals surface area contributed by atoms with Crippen molar-refractivity contribution >= 4 is 22.9 Å². The molecular formula is C32H64O5Si2.